The molecule has 1 aliphatic heterocycles. The number of nitrogens with one attached hydrogen (secondary N) is 1. The summed E-state index contributed by atoms with van der Waals surface area (Å²) in [6.45, 7) is 7.68. The molecule has 1 heterocycles. The molecule has 2 atom stereocenters. The lowest BCUT2D eigenvalue weighted by Crippen LogP contribution is -2.52. The van der Waals surface area contributed by atoms with E-state index in [9.17, 15) is 18.3 Å². The van der Waals surface area contributed by atoms with Crippen LogP contribution in [0.3, 0.4) is 0 Å². The molecule has 10 nitrogen and oxygen atoms in total. The van der Waals surface area contributed by atoms with Crippen LogP contribution in [0.15, 0.2) is 95.9 Å². The molecule has 2 N–H and O–H groups in total. The Morgan fingerprint density at radius 1 is 0.857 bits per heavy atom. The molecule has 5 rings (SSSR count). The summed E-state index contributed by atoms with van der Waals surface area (Å²) in [5, 5.41) is 14.6. The van der Waals surface area contributed by atoms with E-state index in [0.717, 1.165) is 22.3 Å². The van der Waals surface area contributed by atoms with Crippen LogP contribution in [-0.2, 0) is 27.8 Å². The average molecular weight is 689 g/mol. The highest BCUT2D eigenvalue weighted by Crippen LogP contribution is 2.35. The van der Waals surface area contributed by atoms with Crippen LogP contribution in [0.4, 0.5) is 0 Å². The van der Waals surface area contributed by atoms with Crippen molar-refractivity contribution in [1.29, 1.82) is 0 Å². The first kappa shape index (κ1) is 35.7. The third kappa shape index (κ3) is 9.53. The molecule has 11 heteroatoms. The summed E-state index contributed by atoms with van der Waals surface area (Å²) < 4.78 is 51.7. The van der Waals surface area contributed by atoms with Crippen molar-refractivity contribution in [2.45, 2.75) is 57.8 Å². The number of carbonyl (C=O) groups excluding carboxylic acids is 1. The summed E-state index contributed by atoms with van der Waals surface area (Å²) in [5.74, 6) is 1.63. The summed E-state index contributed by atoms with van der Waals surface area (Å²) >= 11 is 0. The van der Waals surface area contributed by atoms with Gasteiger partial charge in [-0.3, -0.25) is 4.79 Å². The first-order chi connectivity index (χ1) is 23.5. The fourth-order valence-electron chi connectivity index (χ4n) is 5.61. The van der Waals surface area contributed by atoms with Crippen molar-refractivity contribution in [1.82, 2.24) is 9.62 Å². The van der Waals surface area contributed by atoms with E-state index in [-0.39, 0.29) is 43.7 Å². The molecule has 0 aliphatic carbocycles. The van der Waals surface area contributed by atoms with Gasteiger partial charge in [0.25, 0.3) is 5.91 Å². The van der Waals surface area contributed by atoms with Crippen molar-refractivity contribution in [3.8, 4) is 23.0 Å². The molecule has 0 aromatic heterocycles. The predicted molar refractivity (Wildman–Crippen MR) is 186 cm³/mol. The number of hydrogen-bond acceptors (Lipinski definition) is 8. The quantitative estimate of drug-likeness (QED) is 0.160. The molecule has 4 aromatic rings. The van der Waals surface area contributed by atoms with Crippen LogP contribution in [0.25, 0.3) is 0 Å². The minimum absolute atomic E-state index is 0.0158. The minimum Gasteiger partial charge on any atom is -0.489 e. The molecule has 0 saturated carbocycles. The Morgan fingerprint density at radius 3 is 2.24 bits per heavy atom. The van der Waals surface area contributed by atoms with Gasteiger partial charge in [-0.15, -0.1) is 0 Å². The van der Waals surface area contributed by atoms with Crippen LogP contribution in [0, 0.1) is 19.8 Å². The Bertz CT molecular complexity index is 1790. The Morgan fingerprint density at radius 2 is 1.55 bits per heavy atom. The lowest BCUT2D eigenvalue weighted by atomic mass is 10.0. The standard InChI is InChI=1S/C38H44N2O8S/c1-26(2)21-40(49(43,44)32-17-18-35-36(20-32)48-25-47-35)22-34(41)33(39-37(42)24-46-38-27(3)9-8-10-28(38)4)19-29-13-15-31(16-14-29)45-23-30-11-6-5-7-12-30/h5-18,20,26,33-34,41H,19,21-25H2,1-4H3,(H,39,42). The summed E-state index contributed by atoms with van der Waals surface area (Å²) in [7, 11) is -4.05. The van der Waals surface area contributed by atoms with Gasteiger partial charge in [0.2, 0.25) is 16.8 Å². The fraction of sp³-hybridized carbons (Fsp3) is 0.342. The van der Waals surface area contributed by atoms with Gasteiger partial charge in [-0.05, 0) is 72.7 Å². The van der Waals surface area contributed by atoms with Gasteiger partial charge in [0, 0.05) is 19.2 Å². The van der Waals surface area contributed by atoms with Gasteiger partial charge in [0.15, 0.2) is 18.1 Å². The van der Waals surface area contributed by atoms with Crippen LogP contribution in [-0.4, -0.2) is 62.4 Å². The molecule has 2 unspecified atom stereocenters. The zero-order valence-corrected chi connectivity index (χ0v) is 29.1. The van der Waals surface area contributed by atoms with Crippen molar-refractivity contribution >= 4 is 15.9 Å². The van der Waals surface area contributed by atoms with Gasteiger partial charge in [-0.25, -0.2) is 8.42 Å². The Hall–Kier alpha value is -4.58. The highest BCUT2D eigenvalue weighted by molar-refractivity contribution is 7.89. The van der Waals surface area contributed by atoms with Crippen LogP contribution in [0.5, 0.6) is 23.0 Å². The molecule has 49 heavy (non-hydrogen) atoms. The Balaban J connectivity index is 1.34. The number of aliphatic hydroxyl groups excluding tert-OH is 1. The van der Waals surface area contributed by atoms with Gasteiger partial charge in [-0.2, -0.15) is 4.31 Å². The van der Waals surface area contributed by atoms with Crippen molar-refractivity contribution in [3.63, 3.8) is 0 Å². The number of sulfonamides is 1. The summed E-state index contributed by atoms with van der Waals surface area (Å²) in [4.78, 5) is 13.3. The lowest BCUT2D eigenvalue weighted by molar-refractivity contribution is -0.124. The molecule has 0 radical (unpaired) electrons. The van der Waals surface area contributed by atoms with Crippen LogP contribution >= 0.6 is 0 Å². The highest BCUT2D eigenvalue weighted by Gasteiger charge is 2.32. The number of ether oxygens (including phenoxy) is 4. The third-order valence-corrected chi connectivity index (χ3v) is 9.96. The van der Waals surface area contributed by atoms with Crippen molar-refractivity contribution in [2.75, 3.05) is 26.5 Å². The predicted octanol–water partition coefficient (Wildman–Crippen LogP) is 5.43. The van der Waals surface area contributed by atoms with Gasteiger partial charge >= 0.3 is 0 Å². The molecular weight excluding hydrogens is 644 g/mol. The van der Waals surface area contributed by atoms with E-state index >= 15 is 0 Å². The van der Waals surface area contributed by atoms with E-state index in [1.807, 2.05) is 100 Å². The first-order valence-corrected chi connectivity index (χ1v) is 17.8. The number of nitrogens with zero attached hydrogens (tertiary/aromatic N) is 1. The van der Waals surface area contributed by atoms with E-state index in [4.69, 9.17) is 18.9 Å². The number of hydrogen-bond donors (Lipinski definition) is 2. The van der Waals surface area contributed by atoms with Crippen molar-refractivity contribution < 1.29 is 37.3 Å². The normalized spacial score (nSPS) is 13.7. The number of benzene rings is 4. The number of fused-ring (bicyclic) bond motifs is 1. The summed E-state index contributed by atoms with van der Waals surface area (Å²) in [6.07, 6.45) is -1.03. The zero-order chi connectivity index (χ0) is 35.0. The topological polar surface area (TPSA) is 124 Å². The Labute approximate surface area is 288 Å². The third-order valence-electron chi connectivity index (χ3n) is 8.14. The molecule has 0 fully saturated rings. The number of para-hydroxylation sites is 1. The van der Waals surface area contributed by atoms with Gasteiger partial charge in [0.05, 0.1) is 17.0 Å². The second-order valence-electron chi connectivity index (χ2n) is 12.6. The number of amides is 1. The van der Waals surface area contributed by atoms with E-state index in [2.05, 4.69) is 5.32 Å². The molecular formula is C38H44N2O8S. The lowest BCUT2D eigenvalue weighted by Gasteiger charge is -2.31. The highest BCUT2D eigenvalue weighted by atomic mass is 32.2. The average Bonchev–Trinajstić information content (AvgIpc) is 3.56. The van der Waals surface area contributed by atoms with E-state index < -0.39 is 28.1 Å². The maximum Gasteiger partial charge on any atom is 0.258 e. The van der Waals surface area contributed by atoms with Crippen LogP contribution in [0.1, 0.15) is 36.1 Å². The van der Waals surface area contributed by atoms with Crippen LogP contribution in [0.2, 0.25) is 0 Å². The molecule has 0 saturated heterocycles. The summed E-state index contributed by atoms with van der Waals surface area (Å²) in [5.41, 5.74) is 3.66. The zero-order valence-electron chi connectivity index (χ0n) is 28.3. The molecule has 0 spiro atoms. The first-order valence-electron chi connectivity index (χ1n) is 16.3. The van der Waals surface area contributed by atoms with E-state index in [1.54, 1.807) is 6.07 Å². The van der Waals surface area contributed by atoms with Gasteiger partial charge in [-0.1, -0.05) is 74.5 Å². The van der Waals surface area contributed by atoms with Crippen molar-refractivity contribution in [2.24, 2.45) is 5.92 Å². The van der Waals surface area contributed by atoms with Gasteiger partial charge < -0.3 is 29.4 Å². The molecule has 260 valence electrons. The fourth-order valence-corrected chi connectivity index (χ4v) is 7.25. The monoisotopic (exact) mass is 688 g/mol. The maximum atomic E-state index is 13.9. The number of rotatable bonds is 16. The van der Waals surface area contributed by atoms with E-state index in [1.165, 1.54) is 16.4 Å². The molecule has 4 aromatic carbocycles. The number of aliphatic hydroxyl groups is 1. The van der Waals surface area contributed by atoms with E-state index in [0.29, 0.717) is 29.6 Å². The number of aryl methyl sites for hydroxylation is 2. The minimum atomic E-state index is -4.05. The smallest absolute Gasteiger partial charge is 0.258 e. The second kappa shape index (κ2) is 16.2. The molecule has 1 amide bonds. The molecule has 0 bridgehead atoms. The van der Waals surface area contributed by atoms with Gasteiger partial charge in [0.1, 0.15) is 18.1 Å². The van der Waals surface area contributed by atoms with Crippen molar-refractivity contribution in [3.05, 3.63) is 113 Å². The SMILES string of the molecule is Cc1cccc(C)c1OCC(=O)NC(Cc1ccc(OCc2ccccc2)cc1)C(O)CN(CC(C)C)S(=O)(=O)c1ccc2c(c1)OCO2. The second-order valence-corrected chi connectivity index (χ2v) is 14.5. The number of carbonyl (C=O) groups is 1. The largest absolute Gasteiger partial charge is 0.489 e. The Kier molecular flexibility index (Phi) is 11.8. The maximum absolute atomic E-state index is 13.9. The summed E-state index contributed by atoms with van der Waals surface area (Å²) in [6, 6.07) is 26.6. The van der Waals surface area contributed by atoms with Crippen LogP contribution < -0.4 is 24.3 Å². The molecule has 1 aliphatic rings.